The number of nitrogens with zero attached hydrogens (tertiary/aromatic N) is 3. The minimum atomic E-state index is -0.173. The average Bonchev–Trinajstić information content (AvgIpc) is 2.68. The number of H-pyrrole nitrogens is 1. The molecule has 0 aliphatic carbocycles. The van der Waals surface area contributed by atoms with E-state index in [0.29, 0.717) is 39.3 Å². The van der Waals surface area contributed by atoms with Gasteiger partial charge in [-0.3, -0.25) is 14.2 Å². The van der Waals surface area contributed by atoms with Crippen LogP contribution in [0.2, 0.25) is 0 Å². The predicted molar refractivity (Wildman–Crippen MR) is 108 cm³/mol. The van der Waals surface area contributed by atoms with Crippen LogP contribution in [0.4, 0.5) is 0 Å². The normalized spacial score (nSPS) is 12.5. The number of aromatic amines is 1. The maximum absolute atomic E-state index is 12.8. The van der Waals surface area contributed by atoms with E-state index < -0.39 is 0 Å². The van der Waals surface area contributed by atoms with E-state index in [4.69, 9.17) is 0 Å². The van der Waals surface area contributed by atoms with E-state index in [0.717, 1.165) is 0 Å². The number of hydrogen-bond acceptors (Lipinski definition) is 5. The summed E-state index contributed by atoms with van der Waals surface area (Å²) >= 11 is 1.41. The molecule has 1 N–H and O–H groups in total. The van der Waals surface area contributed by atoms with E-state index in [-0.39, 0.29) is 16.4 Å². The van der Waals surface area contributed by atoms with Gasteiger partial charge >= 0.3 is 0 Å². The summed E-state index contributed by atoms with van der Waals surface area (Å²) in [5, 5.41) is 1.61. The third kappa shape index (κ3) is 3.14. The Labute approximate surface area is 159 Å². The van der Waals surface area contributed by atoms with Gasteiger partial charge in [-0.05, 0) is 38.1 Å². The lowest BCUT2D eigenvalue weighted by molar-refractivity contribution is 0.632. The van der Waals surface area contributed by atoms with Gasteiger partial charge in [0.2, 0.25) is 0 Å². The number of hydrogen-bond donors (Lipinski definition) is 1. The Balaban J connectivity index is 1.78. The first-order chi connectivity index (χ1) is 13.1. The van der Waals surface area contributed by atoms with Gasteiger partial charge in [0.1, 0.15) is 5.82 Å². The van der Waals surface area contributed by atoms with Gasteiger partial charge in [0, 0.05) is 6.54 Å². The molecule has 0 amide bonds. The summed E-state index contributed by atoms with van der Waals surface area (Å²) in [4.78, 5) is 37.2. The molecule has 0 saturated carbocycles. The molecule has 7 heteroatoms. The summed E-state index contributed by atoms with van der Waals surface area (Å²) in [5.41, 5.74) is 1.10. The fourth-order valence-corrected chi connectivity index (χ4v) is 4.06. The lowest BCUT2D eigenvalue weighted by Gasteiger charge is -2.15. The molecule has 0 aliphatic rings. The van der Waals surface area contributed by atoms with E-state index in [1.807, 2.05) is 50.2 Å². The molecular formula is C20H18N4O2S. The predicted octanol–water partition coefficient (Wildman–Crippen LogP) is 3.51. The van der Waals surface area contributed by atoms with Crippen molar-refractivity contribution in [3.05, 3.63) is 75.1 Å². The highest BCUT2D eigenvalue weighted by molar-refractivity contribution is 7.99. The van der Waals surface area contributed by atoms with Gasteiger partial charge in [-0.1, -0.05) is 36.0 Å². The Morgan fingerprint density at radius 3 is 2.33 bits per heavy atom. The zero-order chi connectivity index (χ0) is 19.0. The number of nitrogens with one attached hydrogen (secondary N) is 1. The van der Waals surface area contributed by atoms with Crippen molar-refractivity contribution in [3.63, 3.8) is 0 Å². The molecule has 4 rings (SSSR count). The molecule has 0 radical (unpaired) electrons. The Kier molecular flexibility index (Phi) is 4.53. The van der Waals surface area contributed by atoms with Gasteiger partial charge in [-0.2, -0.15) is 0 Å². The lowest BCUT2D eigenvalue weighted by Crippen LogP contribution is -2.23. The molecule has 2 aromatic heterocycles. The summed E-state index contributed by atoms with van der Waals surface area (Å²) in [5.74, 6) is 0.564. The second-order valence-corrected chi connectivity index (χ2v) is 7.50. The maximum Gasteiger partial charge on any atom is 0.262 e. The number of fused-ring (bicyclic) bond motifs is 2. The Morgan fingerprint density at radius 2 is 1.63 bits per heavy atom. The van der Waals surface area contributed by atoms with Crippen LogP contribution in [0.15, 0.2) is 63.3 Å². The molecule has 27 heavy (non-hydrogen) atoms. The zero-order valence-corrected chi connectivity index (χ0v) is 15.8. The smallest absolute Gasteiger partial charge is 0.262 e. The molecule has 2 heterocycles. The second kappa shape index (κ2) is 7.00. The number of thioether (sulfide) groups is 1. The number of benzene rings is 2. The van der Waals surface area contributed by atoms with Gasteiger partial charge in [-0.15, -0.1) is 0 Å². The van der Waals surface area contributed by atoms with Crippen LogP contribution < -0.4 is 11.1 Å². The van der Waals surface area contributed by atoms with Crippen LogP contribution in [-0.2, 0) is 6.54 Å². The standard InChI is InChI=1S/C20H18N4O2S/c1-3-24-19(26)14-9-5-7-11-16(14)22-20(24)27-12(2)17-21-15-10-6-4-8-13(15)18(25)23-17/h4-12H,3H2,1-2H3,(H,21,23,25)/t12-/m1/s1. The SMILES string of the molecule is CCn1c(S[C@H](C)c2nc3ccccc3c(=O)[nH]2)nc2ccccc2c1=O. The van der Waals surface area contributed by atoms with Crippen LogP contribution in [0, 0.1) is 0 Å². The summed E-state index contributed by atoms with van der Waals surface area (Å²) in [6.45, 7) is 4.38. The molecule has 4 aromatic rings. The Hall–Kier alpha value is -2.93. The molecule has 6 nitrogen and oxygen atoms in total. The van der Waals surface area contributed by atoms with Crippen molar-refractivity contribution in [3.8, 4) is 0 Å². The topological polar surface area (TPSA) is 80.6 Å². The lowest BCUT2D eigenvalue weighted by atomic mass is 10.2. The van der Waals surface area contributed by atoms with Crippen LogP contribution in [-0.4, -0.2) is 19.5 Å². The minimum Gasteiger partial charge on any atom is -0.309 e. The largest absolute Gasteiger partial charge is 0.309 e. The first-order valence-corrected chi connectivity index (χ1v) is 9.61. The van der Waals surface area contributed by atoms with Crippen molar-refractivity contribution in [2.24, 2.45) is 0 Å². The first kappa shape index (κ1) is 17.5. The molecule has 136 valence electrons. The summed E-state index contributed by atoms with van der Waals surface area (Å²) in [6.07, 6.45) is 0. The van der Waals surface area contributed by atoms with Gasteiger partial charge < -0.3 is 4.98 Å². The molecule has 0 aliphatic heterocycles. The highest BCUT2D eigenvalue weighted by atomic mass is 32.2. The second-order valence-electron chi connectivity index (χ2n) is 6.19. The monoisotopic (exact) mass is 378 g/mol. The van der Waals surface area contributed by atoms with E-state index in [9.17, 15) is 9.59 Å². The summed E-state index contributed by atoms with van der Waals surface area (Å²) in [7, 11) is 0. The Morgan fingerprint density at radius 1 is 1.00 bits per heavy atom. The highest BCUT2D eigenvalue weighted by Crippen LogP contribution is 2.32. The van der Waals surface area contributed by atoms with Crippen molar-refractivity contribution in [2.45, 2.75) is 30.8 Å². The van der Waals surface area contributed by atoms with E-state index >= 15 is 0 Å². The van der Waals surface area contributed by atoms with Gasteiger partial charge in [0.15, 0.2) is 5.16 Å². The molecule has 0 bridgehead atoms. The van der Waals surface area contributed by atoms with Crippen LogP contribution in [0.3, 0.4) is 0 Å². The summed E-state index contributed by atoms with van der Waals surface area (Å²) < 4.78 is 1.66. The first-order valence-electron chi connectivity index (χ1n) is 8.73. The van der Waals surface area contributed by atoms with Crippen molar-refractivity contribution in [2.75, 3.05) is 0 Å². The van der Waals surface area contributed by atoms with Crippen LogP contribution in [0.1, 0.15) is 24.9 Å². The van der Waals surface area contributed by atoms with Crippen molar-refractivity contribution in [1.82, 2.24) is 19.5 Å². The van der Waals surface area contributed by atoms with Gasteiger partial charge in [0.25, 0.3) is 11.1 Å². The number of para-hydroxylation sites is 2. The van der Waals surface area contributed by atoms with Crippen LogP contribution in [0.25, 0.3) is 21.8 Å². The summed E-state index contributed by atoms with van der Waals surface area (Å²) in [6, 6.07) is 14.6. The van der Waals surface area contributed by atoms with Crippen LogP contribution in [0.5, 0.6) is 0 Å². The van der Waals surface area contributed by atoms with Crippen molar-refractivity contribution in [1.29, 1.82) is 0 Å². The third-order valence-electron chi connectivity index (χ3n) is 4.44. The minimum absolute atomic E-state index is 0.0576. The number of aromatic nitrogens is 4. The molecule has 0 unspecified atom stereocenters. The van der Waals surface area contributed by atoms with E-state index in [2.05, 4.69) is 15.0 Å². The number of rotatable bonds is 4. The quantitative estimate of drug-likeness (QED) is 0.434. The van der Waals surface area contributed by atoms with Crippen molar-refractivity contribution >= 4 is 33.6 Å². The fourth-order valence-electron chi connectivity index (χ4n) is 3.03. The highest BCUT2D eigenvalue weighted by Gasteiger charge is 2.17. The average molecular weight is 378 g/mol. The fraction of sp³-hybridized carbons (Fsp3) is 0.200. The maximum atomic E-state index is 12.8. The van der Waals surface area contributed by atoms with Crippen molar-refractivity contribution < 1.29 is 0 Å². The molecule has 1 atom stereocenters. The zero-order valence-electron chi connectivity index (χ0n) is 15.0. The molecule has 2 aromatic carbocycles. The third-order valence-corrected chi connectivity index (χ3v) is 5.54. The van der Waals surface area contributed by atoms with E-state index in [1.165, 1.54) is 11.8 Å². The molecular weight excluding hydrogens is 360 g/mol. The van der Waals surface area contributed by atoms with Crippen LogP contribution >= 0.6 is 11.8 Å². The van der Waals surface area contributed by atoms with Gasteiger partial charge in [-0.25, -0.2) is 9.97 Å². The molecule has 0 spiro atoms. The van der Waals surface area contributed by atoms with Gasteiger partial charge in [0.05, 0.1) is 27.1 Å². The molecule has 0 saturated heterocycles. The molecule has 0 fully saturated rings. The van der Waals surface area contributed by atoms with E-state index in [1.54, 1.807) is 16.7 Å². The Bertz CT molecular complexity index is 1260.